The van der Waals surface area contributed by atoms with Gasteiger partial charge in [0.15, 0.2) is 0 Å². The average molecular weight is 1040 g/mol. The molecule has 2 heteroatoms. The number of aromatic nitrogens is 1. The molecule has 0 amide bonds. The summed E-state index contributed by atoms with van der Waals surface area (Å²) in [4.78, 5) is 2.55. The Hall–Kier alpha value is -10.5. The maximum atomic E-state index is 2.55. The zero-order valence-electron chi connectivity index (χ0n) is 44.9. The van der Waals surface area contributed by atoms with Crippen molar-refractivity contribution in [2.24, 2.45) is 0 Å². The summed E-state index contributed by atoms with van der Waals surface area (Å²) in [5.74, 6) is 0. The van der Waals surface area contributed by atoms with Crippen LogP contribution in [0.1, 0.15) is 44.5 Å². The first-order valence-corrected chi connectivity index (χ1v) is 28.6. The van der Waals surface area contributed by atoms with E-state index in [1.165, 1.54) is 111 Å². The van der Waals surface area contributed by atoms with Crippen molar-refractivity contribution in [2.45, 2.75) is 10.8 Å². The van der Waals surface area contributed by atoms with E-state index in [-0.39, 0.29) is 0 Å². The second-order valence-electron chi connectivity index (χ2n) is 22.2. The molecule has 0 fully saturated rings. The van der Waals surface area contributed by atoms with Crippen LogP contribution in [-0.2, 0) is 10.8 Å². The van der Waals surface area contributed by atoms with Crippen LogP contribution in [0.4, 0.5) is 17.1 Å². The van der Waals surface area contributed by atoms with Crippen molar-refractivity contribution >= 4 is 38.9 Å². The summed E-state index contributed by atoms with van der Waals surface area (Å²) in [5.41, 5.74) is 28.2. The van der Waals surface area contributed by atoms with E-state index >= 15 is 0 Å². The van der Waals surface area contributed by atoms with Gasteiger partial charge in [-0.15, -0.1) is 0 Å². The molecule has 14 aromatic rings. The zero-order valence-corrected chi connectivity index (χ0v) is 44.9. The van der Waals surface area contributed by atoms with Crippen LogP contribution in [0, 0.1) is 0 Å². The second-order valence-corrected chi connectivity index (χ2v) is 22.2. The fourth-order valence-electron chi connectivity index (χ4n) is 15.0. The summed E-state index contributed by atoms with van der Waals surface area (Å²) in [6.45, 7) is 0. The van der Waals surface area contributed by atoms with Crippen LogP contribution < -0.4 is 4.90 Å². The minimum Gasteiger partial charge on any atom is -0.309 e. The Kier molecular flexibility index (Phi) is 10.2. The monoisotopic (exact) mass is 1040 g/mol. The summed E-state index contributed by atoms with van der Waals surface area (Å²) in [7, 11) is 0. The Morgan fingerprint density at radius 3 is 1.55 bits per heavy atom. The molecule has 3 aliphatic rings. The first kappa shape index (κ1) is 46.4. The van der Waals surface area contributed by atoms with Gasteiger partial charge in [-0.3, -0.25) is 0 Å². The van der Waals surface area contributed by atoms with Gasteiger partial charge in [-0.2, -0.15) is 0 Å². The lowest BCUT2D eigenvalue weighted by Gasteiger charge is -2.39. The predicted molar refractivity (Wildman–Crippen MR) is 340 cm³/mol. The summed E-state index contributed by atoms with van der Waals surface area (Å²) < 4.78 is 2.53. The fraction of sp³-hybridized carbons (Fsp3) is 0.0250. The number of benzene rings is 13. The molecule has 0 saturated heterocycles. The number of fused-ring (bicyclic) bond motifs is 15. The Morgan fingerprint density at radius 2 is 0.768 bits per heavy atom. The van der Waals surface area contributed by atoms with Gasteiger partial charge < -0.3 is 9.47 Å². The Bertz CT molecular complexity index is 4820. The standard InChI is InChI=1S/C80H52N2/c1-4-23-53(24-5-1)54-45-47-55(48-46-54)61-31-12-17-41-73(61)81(76-44-22-39-70-77(76)66-34-11-15-37-68(66)79(70,58-26-6-2-7-27-58)59-28-8-3-9-29-59)60-30-20-25-56(51-60)57-49-50-63-62-32-10-14-36-67(62)80(72(63)52-57)69-38-16-19-43-75(69)82-74-42-18-13-33-64(74)65-35-21-40-71(80)78(65)82/h1-52H. The number of anilines is 3. The maximum Gasteiger partial charge on any atom is 0.0754 e. The maximum absolute atomic E-state index is 2.55. The van der Waals surface area contributed by atoms with E-state index in [1.807, 2.05) is 0 Å². The molecule has 1 unspecified atom stereocenters. The highest BCUT2D eigenvalue weighted by atomic mass is 15.1. The minimum atomic E-state index is -0.570. The van der Waals surface area contributed by atoms with E-state index in [1.54, 1.807) is 0 Å². The first-order valence-electron chi connectivity index (χ1n) is 28.6. The van der Waals surface area contributed by atoms with E-state index in [0.29, 0.717) is 0 Å². The van der Waals surface area contributed by atoms with Gasteiger partial charge in [0.25, 0.3) is 0 Å². The summed E-state index contributed by atoms with van der Waals surface area (Å²) in [5, 5.41) is 2.56. The minimum absolute atomic E-state index is 0.566. The summed E-state index contributed by atoms with van der Waals surface area (Å²) >= 11 is 0. The van der Waals surface area contributed by atoms with Crippen LogP contribution in [0.15, 0.2) is 315 Å². The van der Waals surface area contributed by atoms with Crippen LogP contribution in [0.2, 0.25) is 0 Å². The van der Waals surface area contributed by atoms with E-state index < -0.39 is 10.8 Å². The third-order valence-corrected chi connectivity index (χ3v) is 18.3. The lowest BCUT2D eigenvalue weighted by Crippen LogP contribution is -2.33. The third-order valence-electron chi connectivity index (χ3n) is 18.3. The van der Waals surface area contributed by atoms with Crippen LogP contribution in [0.5, 0.6) is 0 Å². The van der Waals surface area contributed by atoms with Crippen LogP contribution >= 0.6 is 0 Å². The van der Waals surface area contributed by atoms with Gasteiger partial charge in [0.2, 0.25) is 0 Å². The molecule has 0 bridgehead atoms. The Balaban J connectivity index is 0.902. The van der Waals surface area contributed by atoms with E-state index in [4.69, 9.17) is 0 Å². The third kappa shape index (κ3) is 6.40. The Labute approximate surface area is 477 Å². The quantitative estimate of drug-likeness (QED) is 0.147. The molecule has 2 aliphatic carbocycles. The number of nitrogens with zero attached hydrogens (tertiary/aromatic N) is 2. The molecule has 1 aliphatic heterocycles. The van der Waals surface area contributed by atoms with Gasteiger partial charge in [0.05, 0.1) is 38.9 Å². The molecule has 0 radical (unpaired) electrons. The molecule has 1 spiro atoms. The number of para-hydroxylation sites is 4. The van der Waals surface area contributed by atoms with Crippen molar-refractivity contribution in [3.05, 3.63) is 360 Å². The van der Waals surface area contributed by atoms with E-state index in [9.17, 15) is 0 Å². The lowest BCUT2D eigenvalue weighted by molar-refractivity contribution is 0.749. The molecular formula is C80H52N2. The largest absolute Gasteiger partial charge is 0.309 e. The summed E-state index contributed by atoms with van der Waals surface area (Å²) in [6, 6.07) is 118. The van der Waals surface area contributed by atoms with E-state index in [2.05, 4.69) is 325 Å². The normalized spacial score (nSPS) is 14.7. The fourth-order valence-corrected chi connectivity index (χ4v) is 15.0. The van der Waals surface area contributed by atoms with Crippen LogP contribution in [-0.4, -0.2) is 4.57 Å². The van der Waals surface area contributed by atoms with Gasteiger partial charge >= 0.3 is 0 Å². The van der Waals surface area contributed by atoms with E-state index in [0.717, 1.165) is 33.8 Å². The average Bonchev–Trinajstić information content (AvgIpc) is 1.59. The smallest absolute Gasteiger partial charge is 0.0754 e. The zero-order chi connectivity index (χ0) is 53.9. The molecule has 17 rings (SSSR count). The van der Waals surface area contributed by atoms with Crippen LogP contribution in [0.25, 0.3) is 83.1 Å². The molecule has 2 nitrogen and oxygen atoms in total. The van der Waals surface area contributed by atoms with Gasteiger partial charge in [-0.1, -0.05) is 273 Å². The first-order chi connectivity index (χ1) is 40.7. The molecule has 0 N–H and O–H groups in total. The highest BCUT2D eigenvalue weighted by Crippen LogP contribution is 2.63. The lowest BCUT2D eigenvalue weighted by atomic mass is 9.65. The molecule has 1 atom stereocenters. The highest BCUT2D eigenvalue weighted by molar-refractivity contribution is 6.13. The topological polar surface area (TPSA) is 8.17 Å². The number of hydrogen-bond acceptors (Lipinski definition) is 1. The van der Waals surface area contributed by atoms with Crippen molar-refractivity contribution in [1.82, 2.24) is 4.57 Å². The van der Waals surface area contributed by atoms with Crippen molar-refractivity contribution in [3.8, 4) is 61.3 Å². The SMILES string of the molecule is c1ccc(-c2ccc(-c3ccccc3N(c3cccc(-c4ccc5c(c4)C4(c6ccccc6-5)c5ccccc5-n5c6ccccc6c6cccc4c65)c3)c3cccc4c3-c3ccccc3C4(c3ccccc3)c3ccccc3)cc2)cc1. The molecule has 82 heavy (non-hydrogen) atoms. The van der Waals surface area contributed by atoms with Crippen molar-refractivity contribution in [1.29, 1.82) is 0 Å². The van der Waals surface area contributed by atoms with Gasteiger partial charge in [-0.25, -0.2) is 0 Å². The molecule has 0 saturated carbocycles. The van der Waals surface area contributed by atoms with Crippen molar-refractivity contribution in [3.63, 3.8) is 0 Å². The molecule has 382 valence electrons. The number of rotatable bonds is 8. The predicted octanol–water partition coefficient (Wildman–Crippen LogP) is 20.3. The second kappa shape index (κ2) is 18.0. The van der Waals surface area contributed by atoms with Gasteiger partial charge in [-0.05, 0) is 131 Å². The van der Waals surface area contributed by atoms with Crippen molar-refractivity contribution < 1.29 is 0 Å². The highest BCUT2D eigenvalue weighted by Gasteiger charge is 2.51. The number of hydrogen-bond donors (Lipinski definition) is 0. The Morgan fingerprint density at radius 1 is 0.268 bits per heavy atom. The van der Waals surface area contributed by atoms with Gasteiger partial charge in [0, 0.05) is 27.6 Å². The van der Waals surface area contributed by atoms with Gasteiger partial charge in [0.1, 0.15) is 0 Å². The molecule has 1 aromatic heterocycles. The molecule has 13 aromatic carbocycles. The van der Waals surface area contributed by atoms with Crippen LogP contribution in [0.3, 0.4) is 0 Å². The molecule has 2 heterocycles. The summed E-state index contributed by atoms with van der Waals surface area (Å²) in [6.07, 6.45) is 0. The van der Waals surface area contributed by atoms with Crippen molar-refractivity contribution in [2.75, 3.05) is 4.90 Å². The molecular weight excluding hydrogens is 989 g/mol.